The van der Waals surface area contributed by atoms with E-state index in [0.717, 1.165) is 12.1 Å². The number of alkyl halides is 2. The van der Waals surface area contributed by atoms with Crippen molar-refractivity contribution in [3.63, 3.8) is 0 Å². The highest BCUT2D eigenvalue weighted by atomic mass is 19.3. The standard InChI is InChI=1S/C21H21F4N3O4/c1-9-14(11-4-5-12(22)15(23)16(11)31-20(24)25)17(32-21(9,2)3)19(30)28-10-6-7-27-13(8-10)18(26)29/h4-9,14,17,20H,1-3H3,(H2,26,29)(H,27,28,30)/t9-,14+,17+/m1/s1. The van der Waals surface area contributed by atoms with Crippen molar-refractivity contribution in [1.29, 1.82) is 0 Å². The number of amides is 2. The number of hydrogen-bond donors (Lipinski definition) is 2. The molecule has 2 heterocycles. The topological polar surface area (TPSA) is 104 Å². The molecule has 11 heteroatoms. The first kappa shape index (κ1) is 23.5. The molecule has 0 aliphatic carbocycles. The minimum Gasteiger partial charge on any atom is -0.431 e. The smallest absolute Gasteiger partial charge is 0.387 e. The molecule has 1 aromatic heterocycles. The lowest BCUT2D eigenvalue weighted by molar-refractivity contribution is -0.131. The predicted molar refractivity (Wildman–Crippen MR) is 105 cm³/mol. The monoisotopic (exact) mass is 455 g/mol. The molecule has 3 rings (SSSR count). The molecular weight excluding hydrogens is 434 g/mol. The number of primary amides is 1. The maximum absolute atomic E-state index is 14.4. The van der Waals surface area contributed by atoms with E-state index < -0.39 is 59.4 Å². The lowest BCUT2D eigenvalue weighted by Crippen LogP contribution is -2.33. The normalized spacial score (nSPS) is 22.1. The van der Waals surface area contributed by atoms with Gasteiger partial charge in [-0.1, -0.05) is 13.0 Å². The largest absolute Gasteiger partial charge is 0.431 e. The van der Waals surface area contributed by atoms with Crippen molar-refractivity contribution in [2.45, 2.75) is 45.0 Å². The van der Waals surface area contributed by atoms with Crippen LogP contribution in [0, 0.1) is 17.6 Å². The molecule has 1 aliphatic heterocycles. The predicted octanol–water partition coefficient (Wildman–Crippen LogP) is 3.60. The van der Waals surface area contributed by atoms with Crippen LogP contribution in [0.1, 0.15) is 42.7 Å². The molecule has 0 bridgehead atoms. The Labute approximate surface area is 180 Å². The van der Waals surface area contributed by atoms with Gasteiger partial charge in [0.05, 0.1) is 5.60 Å². The third-order valence-electron chi connectivity index (χ3n) is 5.58. The van der Waals surface area contributed by atoms with Crippen LogP contribution < -0.4 is 15.8 Å². The fourth-order valence-electron chi connectivity index (χ4n) is 3.73. The number of carbonyl (C=O) groups excluding carboxylic acids is 2. The first-order chi connectivity index (χ1) is 14.9. The van der Waals surface area contributed by atoms with Gasteiger partial charge in [-0.15, -0.1) is 0 Å². The highest BCUT2D eigenvalue weighted by molar-refractivity contribution is 5.97. The number of rotatable bonds is 6. The number of anilines is 1. The van der Waals surface area contributed by atoms with Gasteiger partial charge in [0.2, 0.25) is 5.82 Å². The number of benzene rings is 1. The highest BCUT2D eigenvalue weighted by Gasteiger charge is 2.51. The van der Waals surface area contributed by atoms with E-state index in [4.69, 9.17) is 10.5 Å². The highest BCUT2D eigenvalue weighted by Crippen LogP contribution is 2.49. The van der Waals surface area contributed by atoms with E-state index in [2.05, 4.69) is 15.0 Å². The van der Waals surface area contributed by atoms with Crippen LogP contribution >= 0.6 is 0 Å². The minimum atomic E-state index is -3.41. The zero-order valence-corrected chi connectivity index (χ0v) is 17.4. The van der Waals surface area contributed by atoms with E-state index in [1.165, 1.54) is 18.3 Å². The van der Waals surface area contributed by atoms with Gasteiger partial charge in [-0.05, 0) is 38.0 Å². The summed E-state index contributed by atoms with van der Waals surface area (Å²) in [6, 6.07) is 4.53. The molecule has 172 valence electrons. The Morgan fingerprint density at radius 3 is 2.56 bits per heavy atom. The van der Waals surface area contributed by atoms with Crippen molar-refractivity contribution in [3.8, 4) is 5.75 Å². The van der Waals surface area contributed by atoms with Crippen LogP contribution in [0.3, 0.4) is 0 Å². The van der Waals surface area contributed by atoms with E-state index in [0.29, 0.717) is 0 Å². The van der Waals surface area contributed by atoms with E-state index in [1.54, 1.807) is 20.8 Å². The van der Waals surface area contributed by atoms with Crippen LogP contribution in [0.5, 0.6) is 5.75 Å². The number of nitrogens with two attached hydrogens (primary N) is 1. The molecule has 3 atom stereocenters. The molecule has 0 spiro atoms. The summed E-state index contributed by atoms with van der Waals surface area (Å²) in [6.45, 7) is 1.65. The summed E-state index contributed by atoms with van der Waals surface area (Å²) in [7, 11) is 0. The molecule has 0 radical (unpaired) electrons. The van der Waals surface area contributed by atoms with E-state index in [-0.39, 0.29) is 16.9 Å². The van der Waals surface area contributed by atoms with Crippen molar-refractivity contribution in [2.24, 2.45) is 11.7 Å². The number of pyridine rings is 1. The second-order valence-electron chi connectivity index (χ2n) is 7.90. The van der Waals surface area contributed by atoms with Crippen LogP contribution in [0.25, 0.3) is 0 Å². The van der Waals surface area contributed by atoms with Crippen molar-refractivity contribution in [3.05, 3.63) is 53.4 Å². The Hall–Kier alpha value is -3.21. The second-order valence-corrected chi connectivity index (χ2v) is 7.90. The molecule has 7 nitrogen and oxygen atoms in total. The van der Waals surface area contributed by atoms with Crippen molar-refractivity contribution in [1.82, 2.24) is 4.98 Å². The van der Waals surface area contributed by atoms with Gasteiger partial charge in [0.15, 0.2) is 11.6 Å². The Balaban J connectivity index is 2.01. The first-order valence-electron chi connectivity index (χ1n) is 9.59. The van der Waals surface area contributed by atoms with Crippen molar-refractivity contribution >= 4 is 17.5 Å². The third kappa shape index (κ3) is 4.52. The van der Waals surface area contributed by atoms with E-state index in [1.807, 2.05) is 0 Å². The number of aromatic nitrogens is 1. The summed E-state index contributed by atoms with van der Waals surface area (Å²) in [6.07, 6.45) is -0.00536. The fourth-order valence-corrected chi connectivity index (χ4v) is 3.73. The number of halogens is 4. The Bertz CT molecular complexity index is 1050. The number of ether oxygens (including phenoxy) is 2. The average molecular weight is 455 g/mol. The van der Waals surface area contributed by atoms with Gasteiger partial charge in [-0.3, -0.25) is 14.6 Å². The molecule has 1 saturated heterocycles. The molecule has 0 saturated carbocycles. The molecule has 2 amide bonds. The SMILES string of the molecule is C[C@@H]1[C@@H](c2ccc(F)c(F)c2OC(F)F)[C@@H](C(=O)Nc2ccnc(C(N)=O)c2)OC1(C)C. The van der Waals surface area contributed by atoms with Gasteiger partial charge < -0.3 is 20.5 Å². The Morgan fingerprint density at radius 2 is 1.94 bits per heavy atom. The molecule has 0 unspecified atom stereocenters. The lowest BCUT2D eigenvalue weighted by Gasteiger charge is -2.26. The van der Waals surface area contributed by atoms with Gasteiger partial charge in [0, 0.05) is 23.4 Å². The third-order valence-corrected chi connectivity index (χ3v) is 5.58. The Morgan fingerprint density at radius 1 is 1.25 bits per heavy atom. The number of carbonyl (C=O) groups is 2. The summed E-state index contributed by atoms with van der Waals surface area (Å²) in [5, 5.41) is 2.55. The number of nitrogens with zero attached hydrogens (tertiary/aromatic N) is 1. The van der Waals surface area contributed by atoms with Crippen LogP contribution in [-0.2, 0) is 9.53 Å². The van der Waals surface area contributed by atoms with Gasteiger partial charge in [-0.25, -0.2) is 4.39 Å². The zero-order valence-electron chi connectivity index (χ0n) is 17.4. The summed E-state index contributed by atoms with van der Waals surface area (Å²) in [5.41, 5.74) is 4.24. The zero-order chi connectivity index (χ0) is 23.8. The maximum Gasteiger partial charge on any atom is 0.387 e. The van der Waals surface area contributed by atoms with Gasteiger partial charge in [-0.2, -0.15) is 13.2 Å². The van der Waals surface area contributed by atoms with Gasteiger partial charge >= 0.3 is 6.61 Å². The quantitative estimate of drug-likeness (QED) is 0.648. The van der Waals surface area contributed by atoms with Crippen molar-refractivity contribution < 1.29 is 36.6 Å². The number of hydrogen-bond acceptors (Lipinski definition) is 5. The number of nitrogens with one attached hydrogen (secondary N) is 1. The van der Waals surface area contributed by atoms with E-state index in [9.17, 15) is 27.2 Å². The lowest BCUT2D eigenvalue weighted by atomic mass is 9.78. The summed E-state index contributed by atoms with van der Waals surface area (Å²) < 4.78 is 64.1. The van der Waals surface area contributed by atoms with Crippen LogP contribution in [0.4, 0.5) is 23.2 Å². The molecule has 2 aromatic rings. The molecule has 32 heavy (non-hydrogen) atoms. The maximum atomic E-state index is 14.4. The summed E-state index contributed by atoms with van der Waals surface area (Å²) >= 11 is 0. The van der Waals surface area contributed by atoms with Crippen LogP contribution in [-0.4, -0.2) is 35.1 Å². The molecule has 1 aromatic carbocycles. The fraction of sp³-hybridized carbons (Fsp3) is 0.381. The molecular formula is C21H21F4N3O4. The average Bonchev–Trinajstić information content (AvgIpc) is 2.95. The van der Waals surface area contributed by atoms with Gasteiger partial charge in [0.25, 0.3) is 11.8 Å². The molecule has 1 aliphatic rings. The van der Waals surface area contributed by atoms with Gasteiger partial charge in [0.1, 0.15) is 11.8 Å². The first-order valence-corrected chi connectivity index (χ1v) is 9.59. The van der Waals surface area contributed by atoms with Crippen LogP contribution in [0.15, 0.2) is 30.5 Å². The summed E-state index contributed by atoms with van der Waals surface area (Å²) in [5.74, 6) is -6.86. The summed E-state index contributed by atoms with van der Waals surface area (Å²) in [4.78, 5) is 28.2. The van der Waals surface area contributed by atoms with E-state index >= 15 is 0 Å². The van der Waals surface area contributed by atoms with Crippen LogP contribution in [0.2, 0.25) is 0 Å². The minimum absolute atomic E-state index is 0.0892. The molecule has 3 N–H and O–H groups in total. The Kier molecular flexibility index (Phi) is 6.40. The van der Waals surface area contributed by atoms with Crippen molar-refractivity contribution in [2.75, 3.05) is 5.32 Å². The molecule has 1 fully saturated rings. The second kappa shape index (κ2) is 8.73.